The van der Waals surface area contributed by atoms with Gasteiger partial charge in [-0.1, -0.05) is 27.0 Å². The van der Waals surface area contributed by atoms with Crippen molar-refractivity contribution < 1.29 is 4.39 Å². The van der Waals surface area contributed by atoms with Crippen LogP contribution >= 0.6 is 0 Å². The number of aromatic amines is 2. The summed E-state index contributed by atoms with van der Waals surface area (Å²) in [5, 5.41) is 5.61. The second-order valence-electron chi connectivity index (χ2n) is 6.58. The van der Waals surface area contributed by atoms with E-state index >= 15 is 0 Å². The molecule has 28 heavy (non-hydrogen) atoms. The van der Waals surface area contributed by atoms with E-state index in [1.807, 2.05) is 26.8 Å². The van der Waals surface area contributed by atoms with Crippen LogP contribution in [0.2, 0.25) is 0 Å². The molecular weight excluding hydrogens is 349 g/mol. The van der Waals surface area contributed by atoms with Gasteiger partial charge in [-0.05, 0) is 70.0 Å². The molecule has 0 saturated carbocycles. The first-order valence-corrected chi connectivity index (χ1v) is 9.77. The average Bonchev–Trinajstić information content (AvgIpc) is 3.08. The van der Waals surface area contributed by atoms with E-state index in [9.17, 15) is 4.39 Å². The molecule has 2 aromatic heterocycles. The molecule has 0 atom stereocenters. The Balaban J connectivity index is 0.000000422. The number of benzene rings is 1. The molecule has 3 aromatic rings. The summed E-state index contributed by atoms with van der Waals surface area (Å²) in [6.45, 7) is 22.9. The molecule has 0 saturated heterocycles. The minimum Gasteiger partial charge on any atom is -0.389 e. The molecule has 0 spiro atoms. The Labute approximate surface area is 168 Å². The molecule has 0 radical (unpaired) electrons. The van der Waals surface area contributed by atoms with Gasteiger partial charge in [0, 0.05) is 45.1 Å². The Kier molecular flexibility index (Phi) is 8.77. The average molecular weight is 384 g/mol. The van der Waals surface area contributed by atoms with Crippen LogP contribution in [0.5, 0.6) is 0 Å². The van der Waals surface area contributed by atoms with Crippen LogP contribution in [0, 0.1) is 26.6 Å². The van der Waals surface area contributed by atoms with E-state index in [1.54, 1.807) is 12.1 Å². The van der Waals surface area contributed by atoms with Crippen LogP contribution < -0.4 is 15.9 Å². The molecule has 152 valence electrons. The van der Waals surface area contributed by atoms with Crippen LogP contribution in [0.25, 0.3) is 23.6 Å². The van der Waals surface area contributed by atoms with Crippen molar-refractivity contribution in [3.8, 4) is 0 Å². The topological polar surface area (TPSA) is 43.6 Å². The number of fused-ring (bicyclic) bond motifs is 1. The maximum Gasteiger partial charge on any atom is 0.123 e. The van der Waals surface area contributed by atoms with Crippen LogP contribution in [-0.2, 0) is 0 Å². The quantitative estimate of drug-likeness (QED) is 0.588. The number of aryl methyl sites for hydroxylation is 1. The first-order chi connectivity index (χ1) is 13.2. The van der Waals surface area contributed by atoms with Gasteiger partial charge in [0.2, 0.25) is 0 Å². The number of allylic oxidation sites excluding steroid dienone is 1. The molecule has 0 fully saturated rings. The van der Waals surface area contributed by atoms with Crippen LogP contribution in [0.15, 0.2) is 30.5 Å². The van der Waals surface area contributed by atoms with Crippen molar-refractivity contribution in [1.82, 2.24) is 15.3 Å². The van der Waals surface area contributed by atoms with Crippen molar-refractivity contribution in [2.24, 2.45) is 0 Å². The predicted octanol–water partition coefficient (Wildman–Crippen LogP) is 4.96. The molecule has 0 unspecified atom stereocenters. The van der Waals surface area contributed by atoms with Crippen LogP contribution in [-0.4, -0.2) is 16.5 Å². The Bertz CT molecular complexity index is 1040. The van der Waals surface area contributed by atoms with Crippen molar-refractivity contribution in [3.05, 3.63) is 69.4 Å². The molecule has 0 amide bonds. The molecule has 0 aliphatic carbocycles. The third-order valence-electron chi connectivity index (χ3n) is 4.50. The van der Waals surface area contributed by atoms with Crippen LogP contribution in [0.3, 0.4) is 0 Å². The van der Waals surface area contributed by atoms with Crippen molar-refractivity contribution in [2.45, 2.75) is 48.5 Å². The standard InChI is InChI=1S/C17H17FN2.C5H11N.C2H6/c1-9-10(2)17(19-11(9)3)8-14-12(4)20-16-6-5-13(18)7-15(14)16;1-4-6-5(2)3;1-2/h5-8,19-20H,4H2,1-3H3;6H,2,4H2,1,3H3;1-2H3/b14-8+;;. The number of H-pyrrole nitrogens is 2. The maximum absolute atomic E-state index is 13.5. The highest BCUT2D eigenvalue weighted by Gasteiger charge is 2.07. The number of rotatable bonds is 3. The van der Waals surface area contributed by atoms with Crippen molar-refractivity contribution in [3.63, 3.8) is 0 Å². The molecule has 3 N–H and O–H groups in total. The highest BCUT2D eigenvalue weighted by molar-refractivity contribution is 5.82. The van der Waals surface area contributed by atoms with E-state index in [1.165, 1.54) is 17.2 Å². The van der Waals surface area contributed by atoms with Gasteiger partial charge in [0.1, 0.15) is 5.82 Å². The smallest absolute Gasteiger partial charge is 0.123 e. The molecular formula is C24H34FN3. The lowest BCUT2D eigenvalue weighted by Crippen LogP contribution is -2.21. The largest absolute Gasteiger partial charge is 0.389 e. The van der Waals surface area contributed by atoms with Gasteiger partial charge >= 0.3 is 0 Å². The first-order valence-electron chi connectivity index (χ1n) is 9.77. The van der Waals surface area contributed by atoms with E-state index in [2.05, 4.69) is 56.1 Å². The number of hydrogen-bond donors (Lipinski definition) is 3. The molecule has 3 rings (SSSR count). The molecule has 0 bridgehead atoms. The summed E-state index contributed by atoms with van der Waals surface area (Å²) in [7, 11) is 0. The minimum atomic E-state index is -0.235. The summed E-state index contributed by atoms with van der Waals surface area (Å²) in [5.74, 6) is -0.235. The minimum absolute atomic E-state index is 0.235. The van der Waals surface area contributed by atoms with Crippen LogP contribution in [0.4, 0.5) is 4.39 Å². The fourth-order valence-corrected chi connectivity index (χ4v) is 2.87. The molecule has 0 aliphatic heterocycles. The number of nitrogens with one attached hydrogen (secondary N) is 3. The van der Waals surface area contributed by atoms with Crippen molar-refractivity contribution >= 4 is 23.6 Å². The fourth-order valence-electron chi connectivity index (χ4n) is 2.87. The van der Waals surface area contributed by atoms with Gasteiger partial charge < -0.3 is 15.3 Å². The lowest BCUT2D eigenvalue weighted by Gasteiger charge is -1.95. The van der Waals surface area contributed by atoms with E-state index in [-0.39, 0.29) is 5.82 Å². The molecule has 1 aromatic carbocycles. The Morgan fingerprint density at radius 3 is 2.25 bits per heavy atom. The SMILES string of the molecule is C=C(C)NCC.C=c1[nH]c2ccc(F)cc2/c1=C/c1[nH]c(C)c(C)c1C.CC. The fraction of sp³-hybridized carbons (Fsp3) is 0.333. The normalized spacial score (nSPS) is 10.8. The van der Waals surface area contributed by atoms with Gasteiger partial charge in [-0.15, -0.1) is 0 Å². The van der Waals surface area contributed by atoms with Gasteiger partial charge in [-0.25, -0.2) is 4.39 Å². The summed E-state index contributed by atoms with van der Waals surface area (Å²) in [6, 6.07) is 4.75. The summed E-state index contributed by atoms with van der Waals surface area (Å²) >= 11 is 0. The van der Waals surface area contributed by atoms with Crippen molar-refractivity contribution in [1.29, 1.82) is 0 Å². The highest BCUT2D eigenvalue weighted by Crippen LogP contribution is 2.17. The lowest BCUT2D eigenvalue weighted by molar-refractivity contribution is 0.629. The van der Waals surface area contributed by atoms with Gasteiger partial charge in [0.15, 0.2) is 0 Å². The zero-order chi connectivity index (χ0) is 21.4. The first kappa shape index (κ1) is 23.3. The van der Waals surface area contributed by atoms with Gasteiger partial charge in [-0.2, -0.15) is 0 Å². The Morgan fingerprint density at radius 1 is 1.14 bits per heavy atom. The summed E-state index contributed by atoms with van der Waals surface area (Å²) in [6.07, 6.45) is 2.04. The van der Waals surface area contributed by atoms with Gasteiger partial charge in [0.05, 0.1) is 0 Å². The van der Waals surface area contributed by atoms with E-state index in [4.69, 9.17) is 0 Å². The summed E-state index contributed by atoms with van der Waals surface area (Å²) < 4.78 is 13.5. The number of aromatic nitrogens is 2. The van der Waals surface area contributed by atoms with E-state index in [0.29, 0.717) is 0 Å². The summed E-state index contributed by atoms with van der Waals surface area (Å²) in [4.78, 5) is 6.56. The van der Waals surface area contributed by atoms with Gasteiger partial charge in [-0.3, -0.25) is 0 Å². The van der Waals surface area contributed by atoms with Gasteiger partial charge in [0.25, 0.3) is 0 Å². The second-order valence-corrected chi connectivity index (χ2v) is 6.58. The predicted molar refractivity (Wildman–Crippen MR) is 121 cm³/mol. The molecule has 2 heterocycles. The lowest BCUT2D eigenvalue weighted by atomic mass is 10.1. The monoisotopic (exact) mass is 383 g/mol. The zero-order valence-electron chi connectivity index (χ0n) is 18.3. The highest BCUT2D eigenvalue weighted by atomic mass is 19.1. The van der Waals surface area contributed by atoms with Crippen molar-refractivity contribution in [2.75, 3.05) is 6.54 Å². The van der Waals surface area contributed by atoms with Crippen LogP contribution in [0.1, 0.15) is 50.2 Å². The maximum atomic E-state index is 13.5. The number of halogens is 1. The third-order valence-corrected chi connectivity index (χ3v) is 4.50. The Hall–Kier alpha value is -2.75. The molecule has 4 heteroatoms. The third kappa shape index (κ3) is 5.62. The molecule has 3 nitrogen and oxygen atoms in total. The summed E-state index contributed by atoms with van der Waals surface area (Å²) in [5.41, 5.74) is 6.62. The van der Waals surface area contributed by atoms with E-state index in [0.717, 1.165) is 45.1 Å². The van der Waals surface area contributed by atoms with E-state index < -0.39 is 0 Å². The number of hydrogen-bond acceptors (Lipinski definition) is 1. The second kappa shape index (κ2) is 10.5. The zero-order valence-corrected chi connectivity index (χ0v) is 18.3. The molecule has 0 aliphatic rings. The Morgan fingerprint density at radius 2 is 1.79 bits per heavy atom.